The lowest BCUT2D eigenvalue weighted by atomic mass is 10.1. The van der Waals surface area contributed by atoms with E-state index in [-0.39, 0.29) is 5.57 Å². The van der Waals surface area contributed by atoms with Gasteiger partial charge in [-0.1, -0.05) is 56.5 Å². The molecule has 0 saturated carbocycles. The zero-order valence-electron chi connectivity index (χ0n) is 17.2. The Kier molecular flexibility index (Phi) is 7.84. The third-order valence-electron chi connectivity index (χ3n) is 4.92. The fourth-order valence-corrected chi connectivity index (χ4v) is 4.29. The van der Waals surface area contributed by atoms with E-state index in [1.807, 2.05) is 24.3 Å². The Balaban J connectivity index is 1.80. The molecule has 3 rings (SSSR count). The number of anilines is 2. The summed E-state index contributed by atoms with van der Waals surface area (Å²) in [6.07, 6.45) is 6.57. The average molecular weight is 412 g/mol. The average Bonchev–Trinajstić information content (AvgIpc) is 3.27. The summed E-state index contributed by atoms with van der Waals surface area (Å²) in [5.41, 5.74) is 3.67. The van der Waals surface area contributed by atoms with Crippen LogP contribution in [-0.4, -0.2) is 6.54 Å². The van der Waals surface area contributed by atoms with Crippen molar-refractivity contribution in [3.8, 4) is 22.6 Å². The van der Waals surface area contributed by atoms with E-state index in [2.05, 4.69) is 66.4 Å². The first kappa shape index (κ1) is 21.4. The van der Waals surface area contributed by atoms with Gasteiger partial charge in [0, 0.05) is 27.7 Å². The van der Waals surface area contributed by atoms with E-state index >= 15 is 0 Å². The van der Waals surface area contributed by atoms with Crippen molar-refractivity contribution in [2.75, 3.05) is 11.4 Å². The Hall–Kier alpha value is -3.34. The lowest BCUT2D eigenvalue weighted by molar-refractivity contribution is 0.668. The lowest BCUT2D eigenvalue weighted by Crippen LogP contribution is -2.18. The number of benzene rings is 2. The second kappa shape index (κ2) is 11.0. The molecule has 150 valence electrons. The van der Waals surface area contributed by atoms with Crippen molar-refractivity contribution in [2.24, 2.45) is 0 Å². The molecule has 0 unspecified atom stereocenters. The number of hydrogen-bond donors (Lipinski definition) is 0. The van der Waals surface area contributed by atoms with Crippen LogP contribution >= 0.6 is 11.3 Å². The Labute approximate surface area is 183 Å². The van der Waals surface area contributed by atoms with Crippen LogP contribution in [0.2, 0.25) is 0 Å². The first-order chi connectivity index (χ1) is 14.7. The lowest BCUT2D eigenvalue weighted by Gasteiger charge is -2.25. The molecule has 4 heteroatoms. The maximum Gasteiger partial charge on any atom is 0.131 e. The van der Waals surface area contributed by atoms with Crippen LogP contribution in [-0.2, 0) is 0 Å². The van der Waals surface area contributed by atoms with Crippen LogP contribution in [0.1, 0.15) is 37.5 Å². The summed E-state index contributed by atoms with van der Waals surface area (Å²) in [6, 6.07) is 27.0. The first-order valence-corrected chi connectivity index (χ1v) is 11.1. The normalized spacial score (nSPS) is 10.1. The number of nitriles is 2. The van der Waals surface area contributed by atoms with Crippen molar-refractivity contribution in [1.29, 1.82) is 10.5 Å². The van der Waals surface area contributed by atoms with E-state index in [0.717, 1.165) is 21.9 Å². The van der Waals surface area contributed by atoms with Crippen LogP contribution in [0.15, 0.2) is 72.3 Å². The number of unbranched alkanes of at least 4 members (excludes halogenated alkanes) is 3. The van der Waals surface area contributed by atoms with Gasteiger partial charge in [0.1, 0.15) is 17.7 Å². The molecule has 1 heterocycles. The predicted octanol–water partition coefficient (Wildman–Crippen LogP) is 7.56. The van der Waals surface area contributed by atoms with E-state index in [1.165, 1.54) is 37.1 Å². The van der Waals surface area contributed by atoms with Crippen molar-refractivity contribution >= 4 is 28.8 Å². The monoisotopic (exact) mass is 411 g/mol. The quantitative estimate of drug-likeness (QED) is 0.269. The van der Waals surface area contributed by atoms with Gasteiger partial charge in [0.05, 0.1) is 0 Å². The fourth-order valence-electron chi connectivity index (χ4n) is 3.33. The zero-order valence-corrected chi connectivity index (χ0v) is 18.0. The van der Waals surface area contributed by atoms with Crippen LogP contribution in [0.3, 0.4) is 0 Å². The molecule has 30 heavy (non-hydrogen) atoms. The minimum atomic E-state index is 0.125. The summed E-state index contributed by atoms with van der Waals surface area (Å²) in [5.74, 6) is 0. The standard InChI is InChI=1S/C26H25N3S/c1-2-3-4-8-17-29(23-9-6-5-7-10-23)24-13-11-22(12-14-24)26-16-15-25(30-26)18-21(19-27)20-28/h5-7,9-16,18H,2-4,8,17H2,1H3. The summed E-state index contributed by atoms with van der Waals surface area (Å²) < 4.78 is 0. The van der Waals surface area contributed by atoms with Crippen LogP contribution in [0.4, 0.5) is 11.4 Å². The van der Waals surface area contributed by atoms with Gasteiger partial charge in [0.15, 0.2) is 0 Å². The van der Waals surface area contributed by atoms with Gasteiger partial charge < -0.3 is 4.90 Å². The fraction of sp³-hybridized carbons (Fsp3) is 0.231. The molecule has 3 aromatic rings. The highest BCUT2D eigenvalue weighted by atomic mass is 32.1. The van der Waals surface area contributed by atoms with E-state index in [9.17, 15) is 0 Å². The van der Waals surface area contributed by atoms with Gasteiger partial charge in [-0.25, -0.2) is 0 Å². The van der Waals surface area contributed by atoms with Crippen molar-refractivity contribution < 1.29 is 0 Å². The van der Waals surface area contributed by atoms with Crippen LogP contribution in [0.25, 0.3) is 16.5 Å². The van der Waals surface area contributed by atoms with Crippen LogP contribution in [0.5, 0.6) is 0 Å². The second-order valence-corrected chi connectivity index (χ2v) is 8.19. The molecule has 0 aliphatic carbocycles. The minimum absolute atomic E-state index is 0.125. The molecule has 0 fully saturated rings. The molecule has 3 nitrogen and oxygen atoms in total. The zero-order chi connectivity index (χ0) is 21.2. The number of allylic oxidation sites excluding steroid dienone is 1. The SMILES string of the molecule is CCCCCCN(c1ccccc1)c1ccc(-c2ccc(C=C(C#N)C#N)s2)cc1. The molecule has 0 aliphatic rings. The van der Waals surface area contributed by atoms with E-state index in [1.54, 1.807) is 17.4 Å². The summed E-state index contributed by atoms with van der Waals surface area (Å²) in [4.78, 5) is 4.42. The number of thiophene rings is 1. The summed E-state index contributed by atoms with van der Waals surface area (Å²) in [7, 11) is 0. The van der Waals surface area contributed by atoms with Gasteiger partial charge in [-0.3, -0.25) is 0 Å². The summed E-state index contributed by atoms with van der Waals surface area (Å²) in [6.45, 7) is 3.24. The van der Waals surface area contributed by atoms with Crippen molar-refractivity contribution in [1.82, 2.24) is 0 Å². The van der Waals surface area contributed by atoms with Gasteiger partial charge in [0.25, 0.3) is 0 Å². The van der Waals surface area contributed by atoms with Gasteiger partial charge >= 0.3 is 0 Å². The Morgan fingerprint density at radius 3 is 2.23 bits per heavy atom. The Bertz CT molecular complexity index is 1030. The number of nitrogens with zero attached hydrogens (tertiary/aromatic N) is 3. The Morgan fingerprint density at radius 2 is 1.57 bits per heavy atom. The molecule has 0 amide bonds. The van der Waals surface area contributed by atoms with E-state index in [4.69, 9.17) is 10.5 Å². The summed E-state index contributed by atoms with van der Waals surface area (Å²) in [5, 5.41) is 17.9. The number of para-hydroxylation sites is 1. The molecule has 0 spiro atoms. The number of rotatable bonds is 9. The molecule has 0 saturated heterocycles. The Morgan fingerprint density at radius 1 is 0.867 bits per heavy atom. The van der Waals surface area contributed by atoms with E-state index < -0.39 is 0 Å². The third kappa shape index (κ3) is 5.60. The van der Waals surface area contributed by atoms with E-state index in [0.29, 0.717) is 0 Å². The maximum atomic E-state index is 8.94. The van der Waals surface area contributed by atoms with Gasteiger partial charge in [0.2, 0.25) is 0 Å². The maximum absolute atomic E-state index is 8.94. The van der Waals surface area contributed by atoms with Crippen molar-refractivity contribution in [2.45, 2.75) is 32.6 Å². The topological polar surface area (TPSA) is 50.8 Å². The minimum Gasteiger partial charge on any atom is -0.341 e. The molecule has 0 aliphatic heterocycles. The number of hydrogen-bond acceptors (Lipinski definition) is 4. The van der Waals surface area contributed by atoms with Gasteiger partial charge in [-0.05, 0) is 54.5 Å². The third-order valence-corrected chi connectivity index (χ3v) is 6.00. The highest BCUT2D eigenvalue weighted by Crippen LogP contribution is 2.32. The van der Waals surface area contributed by atoms with Gasteiger partial charge in [-0.2, -0.15) is 10.5 Å². The van der Waals surface area contributed by atoms with Crippen LogP contribution < -0.4 is 4.90 Å². The first-order valence-electron chi connectivity index (χ1n) is 10.3. The smallest absolute Gasteiger partial charge is 0.131 e. The molecular weight excluding hydrogens is 386 g/mol. The summed E-state index contributed by atoms with van der Waals surface area (Å²) >= 11 is 1.58. The molecule has 0 atom stereocenters. The molecule has 0 radical (unpaired) electrons. The largest absolute Gasteiger partial charge is 0.341 e. The van der Waals surface area contributed by atoms with Crippen molar-refractivity contribution in [3.05, 3.63) is 77.2 Å². The molecule has 0 N–H and O–H groups in total. The highest BCUT2D eigenvalue weighted by molar-refractivity contribution is 7.16. The molecule has 1 aromatic heterocycles. The molecule has 0 bridgehead atoms. The second-order valence-electron chi connectivity index (χ2n) is 7.08. The molecule has 2 aromatic carbocycles. The molecular formula is C26H25N3S. The highest BCUT2D eigenvalue weighted by Gasteiger charge is 2.10. The van der Waals surface area contributed by atoms with Crippen molar-refractivity contribution in [3.63, 3.8) is 0 Å². The van der Waals surface area contributed by atoms with Crippen LogP contribution in [0, 0.1) is 22.7 Å². The predicted molar refractivity (Wildman–Crippen MR) is 127 cm³/mol. The van der Waals surface area contributed by atoms with Gasteiger partial charge in [-0.15, -0.1) is 11.3 Å².